The number of nitrogens with one attached hydrogen (secondary N) is 1. The second-order valence-electron chi connectivity index (χ2n) is 5.17. The Morgan fingerprint density at radius 1 is 1.35 bits per heavy atom. The first kappa shape index (κ1) is 15.6. The van der Waals surface area contributed by atoms with Gasteiger partial charge in [-0.25, -0.2) is 4.79 Å². The number of benzene rings is 1. The van der Waals surface area contributed by atoms with Crippen molar-refractivity contribution >= 4 is 6.09 Å². The summed E-state index contributed by atoms with van der Waals surface area (Å²) in [7, 11) is 0. The predicted molar refractivity (Wildman–Crippen MR) is 76.9 cm³/mol. The van der Waals surface area contributed by atoms with Gasteiger partial charge in [0.1, 0.15) is 5.60 Å². The van der Waals surface area contributed by atoms with E-state index >= 15 is 0 Å². The Morgan fingerprint density at radius 3 is 2.70 bits per heavy atom. The van der Waals surface area contributed by atoms with Crippen LogP contribution in [0, 0.1) is 23.2 Å². The lowest BCUT2D eigenvalue weighted by atomic mass is 10.1. The van der Waals surface area contributed by atoms with Crippen LogP contribution in [0.2, 0.25) is 0 Å². The van der Waals surface area contributed by atoms with Crippen LogP contribution in [0.25, 0.3) is 0 Å². The number of rotatable bonds is 2. The zero-order valence-corrected chi connectivity index (χ0v) is 12.0. The maximum absolute atomic E-state index is 11.4. The van der Waals surface area contributed by atoms with Crippen LogP contribution in [0.4, 0.5) is 4.79 Å². The first-order valence-corrected chi connectivity index (χ1v) is 6.36. The molecule has 1 amide bonds. The SMILES string of the molecule is CC(C)(C)OC(=O)NCCC#Cc1cccc(C#N)c1. The average Bonchev–Trinajstić information content (AvgIpc) is 2.36. The fraction of sp³-hybridized carbons (Fsp3) is 0.375. The van der Waals surface area contributed by atoms with E-state index < -0.39 is 11.7 Å². The number of alkyl carbamates (subject to hydrolysis) is 1. The molecule has 0 fully saturated rings. The lowest BCUT2D eigenvalue weighted by Gasteiger charge is -2.19. The van der Waals surface area contributed by atoms with Crippen molar-refractivity contribution < 1.29 is 9.53 Å². The summed E-state index contributed by atoms with van der Waals surface area (Å²) in [6.45, 7) is 5.87. The maximum atomic E-state index is 11.4. The second-order valence-corrected chi connectivity index (χ2v) is 5.17. The summed E-state index contributed by atoms with van der Waals surface area (Å²) in [4.78, 5) is 11.4. The molecule has 0 atom stereocenters. The number of hydrogen-bond donors (Lipinski definition) is 1. The molecule has 104 valence electrons. The minimum Gasteiger partial charge on any atom is -0.444 e. The lowest BCUT2D eigenvalue weighted by Crippen LogP contribution is -2.32. The van der Waals surface area contributed by atoms with Gasteiger partial charge in [-0.05, 0) is 39.0 Å². The number of nitrogens with zero attached hydrogens (tertiary/aromatic N) is 1. The van der Waals surface area contributed by atoms with Crippen LogP contribution in [0.15, 0.2) is 24.3 Å². The van der Waals surface area contributed by atoms with Gasteiger partial charge in [0.25, 0.3) is 0 Å². The van der Waals surface area contributed by atoms with Gasteiger partial charge in [-0.15, -0.1) is 0 Å². The molecule has 0 spiro atoms. The number of ether oxygens (including phenoxy) is 1. The Hall–Kier alpha value is -2.46. The molecule has 0 heterocycles. The first-order chi connectivity index (χ1) is 9.40. The van der Waals surface area contributed by atoms with Crippen molar-refractivity contribution in [2.24, 2.45) is 0 Å². The Morgan fingerprint density at radius 2 is 2.05 bits per heavy atom. The summed E-state index contributed by atoms with van der Waals surface area (Å²) in [5.74, 6) is 5.89. The van der Waals surface area contributed by atoms with Gasteiger partial charge in [-0.1, -0.05) is 17.9 Å². The monoisotopic (exact) mass is 270 g/mol. The molecule has 20 heavy (non-hydrogen) atoms. The quantitative estimate of drug-likeness (QED) is 0.664. The predicted octanol–water partition coefficient (Wildman–Crippen LogP) is 2.82. The van der Waals surface area contributed by atoms with Gasteiger partial charge in [0.2, 0.25) is 0 Å². The third-order valence-corrected chi connectivity index (χ3v) is 2.14. The molecule has 1 rings (SSSR count). The number of nitriles is 1. The van der Waals surface area contributed by atoms with Gasteiger partial charge in [-0.2, -0.15) is 5.26 Å². The van der Waals surface area contributed by atoms with E-state index in [0.29, 0.717) is 18.5 Å². The Bertz CT molecular complexity index is 569. The highest BCUT2D eigenvalue weighted by molar-refractivity contribution is 5.67. The topological polar surface area (TPSA) is 62.1 Å². The van der Waals surface area contributed by atoms with Gasteiger partial charge >= 0.3 is 6.09 Å². The zero-order valence-electron chi connectivity index (χ0n) is 12.0. The van der Waals surface area contributed by atoms with Crippen molar-refractivity contribution in [1.82, 2.24) is 5.32 Å². The second kappa shape index (κ2) is 7.21. The number of carbonyl (C=O) groups is 1. The van der Waals surface area contributed by atoms with Crippen molar-refractivity contribution in [2.45, 2.75) is 32.8 Å². The Kier molecular flexibility index (Phi) is 5.62. The van der Waals surface area contributed by atoms with Gasteiger partial charge in [-0.3, -0.25) is 0 Å². The van der Waals surface area contributed by atoms with E-state index in [1.807, 2.05) is 26.8 Å². The van der Waals surface area contributed by atoms with E-state index in [0.717, 1.165) is 5.56 Å². The summed E-state index contributed by atoms with van der Waals surface area (Å²) in [6, 6.07) is 9.16. The van der Waals surface area contributed by atoms with Crippen molar-refractivity contribution in [1.29, 1.82) is 5.26 Å². The molecule has 1 N–H and O–H groups in total. The lowest BCUT2D eigenvalue weighted by molar-refractivity contribution is 0.0529. The minimum atomic E-state index is -0.493. The van der Waals surface area contributed by atoms with Crippen LogP contribution in [0.5, 0.6) is 0 Å². The molecule has 0 aliphatic heterocycles. The van der Waals surface area contributed by atoms with Crippen molar-refractivity contribution in [3.8, 4) is 17.9 Å². The third-order valence-electron chi connectivity index (χ3n) is 2.14. The van der Waals surface area contributed by atoms with Crippen LogP contribution in [-0.4, -0.2) is 18.2 Å². The zero-order chi connectivity index (χ0) is 15.0. The Labute approximate surface area is 119 Å². The summed E-state index contributed by atoms with van der Waals surface area (Å²) in [5.41, 5.74) is 0.887. The molecule has 0 radical (unpaired) electrons. The highest BCUT2D eigenvalue weighted by atomic mass is 16.6. The van der Waals surface area contributed by atoms with Gasteiger partial charge in [0.15, 0.2) is 0 Å². The van der Waals surface area contributed by atoms with Crippen LogP contribution in [-0.2, 0) is 4.74 Å². The van der Waals surface area contributed by atoms with Crippen LogP contribution in [0.3, 0.4) is 0 Å². The highest BCUT2D eigenvalue weighted by Crippen LogP contribution is 2.06. The molecule has 0 saturated heterocycles. The number of amides is 1. The summed E-state index contributed by atoms with van der Waals surface area (Å²) in [5, 5.41) is 11.4. The van der Waals surface area contributed by atoms with Crippen molar-refractivity contribution in [2.75, 3.05) is 6.54 Å². The molecule has 0 bridgehead atoms. The van der Waals surface area contributed by atoms with Crippen molar-refractivity contribution in [3.63, 3.8) is 0 Å². The number of hydrogen-bond acceptors (Lipinski definition) is 3. The van der Waals surface area contributed by atoms with Gasteiger partial charge < -0.3 is 10.1 Å². The molecular formula is C16H18N2O2. The smallest absolute Gasteiger partial charge is 0.407 e. The summed E-state index contributed by atoms with van der Waals surface area (Å²) >= 11 is 0. The standard InChI is InChI=1S/C16H18N2O2/c1-16(2,3)20-15(19)18-10-5-4-7-13-8-6-9-14(11-13)12-17/h6,8-9,11H,5,10H2,1-3H3,(H,18,19). The molecular weight excluding hydrogens is 252 g/mol. The largest absolute Gasteiger partial charge is 0.444 e. The van der Waals surface area contributed by atoms with E-state index in [1.165, 1.54) is 0 Å². The molecule has 0 saturated carbocycles. The van der Waals surface area contributed by atoms with Crippen molar-refractivity contribution in [3.05, 3.63) is 35.4 Å². The summed E-state index contributed by atoms with van der Waals surface area (Å²) in [6.07, 6.45) is 0.0847. The van der Waals surface area contributed by atoms with Gasteiger partial charge in [0, 0.05) is 18.5 Å². The normalized spacial score (nSPS) is 9.90. The number of carbonyl (C=O) groups excluding carboxylic acids is 1. The molecule has 0 aliphatic carbocycles. The minimum absolute atomic E-state index is 0.430. The molecule has 4 nitrogen and oxygen atoms in total. The van der Waals surface area contributed by atoms with Crippen LogP contribution >= 0.6 is 0 Å². The Balaban J connectivity index is 2.37. The van der Waals surface area contributed by atoms with Crippen LogP contribution in [0.1, 0.15) is 38.3 Å². The summed E-state index contributed by atoms with van der Waals surface area (Å²) < 4.78 is 5.10. The molecule has 4 heteroatoms. The maximum Gasteiger partial charge on any atom is 0.407 e. The van der Waals surface area contributed by atoms with E-state index in [9.17, 15) is 4.79 Å². The van der Waals surface area contributed by atoms with E-state index in [2.05, 4.69) is 23.2 Å². The average molecular weight is 270 g/mol. The highest BCUT2D eigenvalue weighted by Gasteiger charge is 2.15. The molecule has 1 aromatic carbocycles. The van der Waals surface area contributed by atoms with E-state index in [-0.39, 0.29) is 0 Å². The molecule has 1 aromatic rings. The van der Waals surface area contributed by atoms with E-state index in [4.69, 9.17) is 10.00 Å². The van der Waals surface area contributed by atoms with Crippen LogP contribution < -0.4 is 5.32 Å². The molecule has 0 aromatic heterocycles. The fourth-order valence-corrected chi connectivity index (χ4v) is 1.37. The van der Waals surface area contributed by atoms with E-state index in [1.54, 1.807) is 18.2 Å². The molecule has 0 unspecified atom stereocenters. The van der Waals surface area contributed by atoms with Gasteiger partial charge in [0.05, 0.1) is 11.6 Å². The molecule has 0 aliphatic rings. The fourth-order valence-electron chi connectivity index (χ4n) is 1.37. The third kappa shape index (κ3) is 6.47. The first-order valence-electron chi connectivity index (χ1n) is 6.36.